The third-order valence-corrected chi connectivity index (χ3v) is 3.03. The number of anilines is 1. The predicted octanol–water partition coefficient (Wildman–Crippen LogP) is 2.21. The number of rotatable bonds is 7. The van der Waals surface area contributed by atoms with Gasteiger partial charge in [0.15, 0.2) is 0 Å². The molecular formula is C16H18FN3O2. The molecule has 116 valence electrons. The van der Waals surface area contributed by atoms with E-state index in [4.69, 9.17) is 4.74 Å². The van der Waals surface area contributed by atoms with Gasteiger partial charge in [-0.3, -0.25) is 4.79 Å². The first-order chi connectivity index (χ1) is 10.7. The first kappa shape index (κ1) is 15.9. The third-order valence-electron chi connectivity index (χ3n) is 3.03. The van der Waals surface area contributed by atoms with Crippen LogP contribution in [0.25, 0.3) is 0 Å². The topological polar surface area (TPSA) is 63.2 Å². The molecule has 1 aromatic carbocycles. The van der Waals surface area contributed by atoms with E-state index in [1.807, 2.05) is 0 Å². The van der Waals surface area contributed by atoms with Crippen LogP contribution in [0.4, 0.5) is 10.2 Å². The van der Waals surface area contributed by atoms with Crippen molar-refractivity contribution in [3.63, 3.8) is 0 Å². The van der Waals surface area contributed by atoms with Crippen molar-refractivity contribution >= 4 is 11.7 Å². The molecule has 0 saturated carbocycles. The van der Waals surface area contributed by atoms with Crippen molar-refractivity contribution in [2.24, 2.45) is 0 Å². The zero-order chi connectivity index (χ0) is 15.8. The summed E-state index contributed by atoms with van der Waals surface area (Å²) in [7, 11) is 1.61. The molecule has 1 amide bonds. The second-order valence-corrected chi connectivity index (χ2v) is 4.62. The zero-order valence-corrected chi connectivity index (χ0v) is 12.3. The number of hydrogen-bond donors (Lipinski definition) is 2. The SMILES string of the molecule is COCCNc1cc(C(=O)NCc2ccccc2F)ccn1. The average Bonchev–Trinajstić information content (AvgIpc) is 2.54. The Balaban J connectivity index is 1.95. The molecule has 0 atom stereocenters. The Bertz CT molecular complexity index is 634. The number of hydrogen-bond acceptors (Lipinski definition) is 4. The van der Waals surface area contributed by atoms with Gasteiger partial charge in [-0.25, -0.2) is 9.37 Å². The lowest BCUT2D eigenvalue weighted by Gasteiger charge is -2.08. The van der Waals surface area contributed by atoms with Gasteiger partial charge in [-0.2, -0.15) is 0 Å². The zero-order valence-electron chi connectivity index (χ0n) is 12.3. The van der Waals surface area contributed by atoms with E-state index in [1.165, 1.54) is 6.07 Å². The summed E-state index contributed by atoms with van der Waals surface area (Å²) < 4.78 is 18.4. The molecule has 0 bridgehead atoms. The summed E-state index contributed by atoms with van der Waals surface area (Å²) in [6.45, 7) is 1.29. The van der Waals surface area contributed by atoms with Gasteiger partial charge in [0.2, 0.25) is 0 Å². The lowest BCUT2D eigenvalue weighted by Crippen LogP contribution is -2.23. The van der Waals surface area contributed by atoms with Crippen molar-refractivity contribution in [2.45, 2.75) is 6.54 Å². The van der Waals surface area contributed by atoms with Crippen molar-refractivity contribution in [1.29, 1.82) is 0 Å². The number of methoxy groups -OCH3 is 1. The van der Waals surface area contributed by atoms with Crippen LogP contribution in [0, 0.1) is 5.82 Å². The number of nitrogens with zero attached hydrogens (tertiary/aromatic N) is 1. The van der Waals surface area contributed by atoms with Crippen LogP contribution >= 0.6 is 0 Å². The highest BCUT2D eigenvalue weighted by Crippen LogP contribution is 2.09. The molecule has 1 heterocycles. The van der Waals surface area contributed by atoms with Crippen LogP contribution in [0.3, 0.4) is 0 Å². The highest BCUT2D eigenvalue weighted by molar-refractivity contribution is 5.94. The largest absolute Gasteiger partial charge is 0.383 e. The third kappa shape index (κ3) is 4.53. The summed E-state index contributed by atoms with van der Waals surface area (Å²) in [5.41, 5.74) is 0.912. The molecule has 0 aliphatic rings. The summed E-state index contributed by atoms with van der Waals surface area (Å²) >= 11 is 0. The first-order valence-electron chi connectivity index (χ1n) is 6.91. The number of benzene rings is 1. The quantitative estimate of drug-likeness (QED) is 0.770. The second-order valence-electron chi connectivity index (χ2n) is 4.62. The van der Waals surface area contributed by atoms with E-state index in [9.17, 15) is 9.18 Å². The molecule has 2 N–H and O–H groups in total. The van der Waals surface area contributed by atoms with Crippen molar-refractivity contribution < 1.29 is 13.9 Å². The molecule has 6 heteroatoms. The number of ether oxygens (including phenoxy) is 1. The van der Waals surface area contributed by atoms with Gasteiger partial charge in [0.25, 0.3) is 5.91 Å². The monoisotopic (exact) mass is 303 g/mol. The number of carbonyl (C=O) groups excluding carboxylic acids is 1. The minimum absolute atomic E-state index is 0.139. The predicted molar refractivity (Wildman–Crippen MR) is 82.2 cm³/mol. The fourth-order valence-electron chi connectivity index (χ4n) is 1.87. The van der Waals surface area contributed by atoms with Crippen LogP contribution < -0.4 is 10.6 Å². The highest BCUT2D eigenvalue weighted by Gasteiger charge is 2.08. The number of nitrogens with one attached hydrogen (secondary N) is 2. The molecule has 0 saturated heterocycles. The molecule has 22 heavy (non-hydrogen) atoms. The molecule has 1 aromatic heterocycles. The normalized spacial score (nSPS) is 10.3. The summed E-state index contributed by atoms with van der Waals surface area (Å²) in [6.07, 6.45) is 1.55. The molecular weight excluding hydrogens is 285 g/mol. The van der Waals surface area contributed by atoms with E-state index in [-0.39, 0.29) is 18.3 Å². The Labute approximate surface area is 128 Å². The summed E-state index contributed by atoms with van der Waals surface area (Å²) in [5.74, 6) is -0.0181. The molecule has 2 aromatic rings. The van der Waals surface area contributed by atoms with Crippen LogP contribution in [-0.4, -0.2) is 31.2 Å². The summed E-state index contributed by atoms with van der Waals surface area (Å²) in [6, 6.07) is 9.60. The molecule has 0 radical (unpaired) electrons. The smallest absolute Gasteiger partial charge is 0.251 e. The van der Waals surface area contributed by atoms with E-state index >= 15 is 0 Å². The highest BCUT2D eigenvalue weighted by atomic mass is 19.1. The van der Waals surface area contributed by atoms with Crippen LogP contribution in [0.1, 0.15) is 15.9 Å². The van der Waals surface area contributed by atoms with Crippen molar-refractivity contribution in [3.8, 4) is 0 Å². The minimum Gasteiger partial charge on any atom is -0.383 e. The van der Waals surface area contributed by atoms with Crippen molar-refractivity contribution in [1.82, 2.24) is 10.3 Å². The fraction of sp³-hybridized carbons (Fsp3) is 0.250. The van der Waals surface area contributed by atoms with E-state index in [2.05, 4.69) is 15.6 Å². The van der Waals surface area contributed by atoms with E-state index < -0.39 is 0 Å². The van der Waals surface area contributed by atoms with E-state index in [0.717, 1.165) is 0 Å². The van der Waals surface area contributed by atoms with Gasteiger partial charge in [-0.15, -0.1) is 0 Å². The molecule has 5 nitrogen and oxygen atoms in total. The van der Waals surface area contributed by atoms with Gasteiger partial charge in [0, 0.05) is 37.5 Å². The Hall–Kier alpha value is -2.47. The second kappa shape index (κ2) is 8.09. The minimum atomic E-state index is -0.334. The molecule has 0 spiro atoms. The van der Waals surface area contributed by atoms with Gasteiger partial charge < -0.3 is 15.4 Å². The van der Waals surface area contributed by atoms with Crippen molar-refractivity contribution in [2.75, 3.05) is 25.6 Å². The van der Waals surface area contributed by atoms with Crippen LogP contribution in [-0.2, 0) is 11.3 Å². The summed E-state index contributed by atoms with van der Waals surface area (Å²) in [5, 5.41) is 5.74. The Morgan fingerprint density at radius 1 is 1.32 bits per heavy atom. The van der Waals surface area contributed by atoms with Crippen LogP contribution in [0.5, 0.6) is 0 Å². The van der Waals surface area contributed by atoms with Crippen molar-refractivity contribution in [3.05, 3.63) is 59.5 Å². The first-order valence-corrected chi connectivity index (χ1v) is 6.91. The van der Waals surface area contributed by atoms with Crippen LogP contribution in [0.15, 0.2) is 42.6 Å². The average molecular weight is 303 g/mol. The summed E-state index contributed by atoms with van der Waals surface area (Å²) in [4.78, 5) is 16.2. The van der Waals surface area contributed by atoms with E-state index in [0.29, 0.717) is 30.1 Å². The lowest BCUT2D eigenvalue weighted by molar-refractivity contribution is 0.0950. The van der Waals surface area contributed by atoms with Gasteiger partial charge >= 0.3 is 0 Å². The number of amides is 1. The van der Waals surface area contributed by atoms with Crippen LogP contribution in [0.2, 0.25) is 0 Å². The molecule has 0 aliphatic heterocycles. The maximum Gasteiger partial charge on any atom is 0.251 e. The maximum absolute atomic E-state index is 13.5. The standard InChI is InChI=1S/C16H18FN3O2/c1-22-9-8-19-15-10-12(6-7-18-15)16(21)20-11-13-4-2-3-5-14(13)17/h2-7,10H,8-9,11H2,1H3,(H,18,19)(H,20,21). The number of halogens is 1. The van der Waals surface area contributed by atoms with Gasteiger partial charge in [-0.05, 0) is 18.2 Å². The maximum atomic E-state index is 13.5. The van der Waals surface area contributed by atoms with Gasteiger partial charge in [0.1, 0.15) is 11.6 Å². The van der Waals surface area contributed by atoms with Gasteiger partial charge in [-0.1, -0.05) is 18.2 Å². The lowest BCUT2D eigenvalue weighted by atomic mass is 10.2. The Morgan fingerprint density at radius 2 is 2.14 bits per heavy atom. The molecule has 2 rings (SSSR count). The number of pyridine rings is 1. The fourth-order valence-corrected chi connectivity index (χ4v) is 1.87. The van der Waals surface area contributed by atoms with Gasteiger partial charge in [0.05, 0.1) is 6.61 Å². The molecule has 0 aliphatic carbocycles. The molecule has 0 unspecified atom stereocenters. The number of carbonyl (C=O) groups is 1. The Morgan fingerprint density at radius 3 is 2.91 bits per heavy atom. The van der Waals surface area contributed by atoms with E-state index in [1.54, 1.807) is 43.6 Å². The molecule has 0 fully saturated rings. The Kier molecular flexibility index (Phi) is 5.85. The number of aromatic nitrogens is 1.